The van der Waals surface area contributed by atoms with Crippen molar-refractivity contribution in [3.05, 3.63) is 175 Å². The van der Waals surface area contributed by atoms with Crippen molar-refractivity contribution in [3.8, 4) is 23.0 Å². The first-order valence-corrected chi connectivity index (χ1v) is 19.0. The maximum atomic E-state index is 7.46. The van der Waals surface area contributed by atoms with Gasteiger partial charge >= 0.3 is 0 Å². The monoisotopic (exact) mass is 627 g/mol. The third-order valence-electron chi connectivity index (χ3n) is 8.74. The summed E-state index contributed by atoms with van der Waals surface area (Å²) in [4.78, 5) is 0. The van der Waals surface area contributed by atoms with E-state index in [0.29, 0.717) is 11.5 Å². The molecule has 221 valence electrons. The Morgan fingerprint density at radius 3 is 1.63 bits per heavy atom. The second-order valence-corrected chi connectivity index (χ2v) is 17.5. The van der Waals surface area contributed by atoms with Crippen molar-refractivity contribution in [2.75, 3.05) is 0 Å². The maximum absolute atomic E-state index is 7.46. The minimum atomic E-state index is -3.02. The van der Waals surface area contributed by atoms with Gasteiger partial charge in [-0.1, -0.05) is 158 Å². The first-order chi connectivity index (χ1) is 22.7. The molecule has 0 atom stereocenters. The predicted octanol–water partition coefficient (Wildman–Crippen LogP) is 5.38. The molecule has 8 rings (SSSR count). The quantitative estimate of drug-likeness (QED) is 0.223. The molecule has 6 aromatic carbocycles. The molecule has 0 spiro atoms. The summed E-state index contributed by atoms with van der Waals surface area (Å²) in [6, 6.07) is 59.6. The van der Waals surface area contributed by atoms with Crippen LogP contribution in [0.25, 0.3) is 0 Å². The Bertz CT molecular complexity index is 2030. The van der Waals surface area contributed by atoms with Crippen LogP contribution in [0.2, 0.25) is 0 Å². The molecular weight excluding hydrogens is 597 g/mol. The predicted molar refractivity (Wildman–Crippen MR) is 191 cm³/mol. The highest BCUT2D eigenvalue weighted by atomic mass is 28.3. The van der Waals surface area contributed by atoms with Gasteiger partial charge in [-0.15, -0.1) is 0 Å². The molecule has 0 fully saturated rings. The molecule has 1 aromatic heterocycles. The van der Waals surface area contributed by atoms with E-state index in [0.717, 1.165) is 33.0 Å². The molecule has 1 radical (unpaired) electrons. The summed E-state index contributed by atoms with van der Waals surface area (Å²) in [5.74, 6) is 2.95. The number of hydrogen-bond acceptors (Lipinski definition) is 3. The van der Waals surface area contributed by atoms with Gasteiger partial charge in [0, 0.05) is 5.19 Å². The zero-order chi connectivity index (χ0) is 30.9. The molecule has 46 heavy (non-hydrogen) atoms. The number of fused-ring (bicyclic) bond motifs is 2. The molecule has 0 saturated carbocycles. The summed E-state index contributed by atoms with van der Waals surface area (Å²) in [6.45, 7) is 2.07. The molecule has 0 N–H and O–H groups in total. The molecular formula is C41H31O3Si2. The van der Waals surface area contributed by atoms with Gasteiger partial charge in [0.1, 0.15) is 22.3 Å². The van der Waals surface area contributed by atoms with Crippen LogP contribution in [0.15, 0.2) is 174 Å². The van der Waals surface area contributed by atoms with E-state index >= 15 is 0 Å². The summed E-state index contributed by atoms with van der Waals surface area (Å²) in [6.07, 6.45) is 0. The van der Waals surface area contributed by atoms with Crippen LogP contribution in [0, 0.1) is 6.92 Å². The van der Waals surface area contributed by atoms with Crippen molar-refractivity contribution in [2.24, 2.45) is 0 Å². The lowest BCUT2D eigenvalue weighted by Crippen LogP contribution is -2.76. The topological polar surface area (TPSA) is 31.6 Å². The summed E-state index contributed by atoms with van der Waals surface area (Å²) >= 11 is 0. The fourth-order valence-corrected chi connectivity index (χ4v) is 14.0. The Labute approximate surface area is 272 Å². The Balaban J connectivity index is 1.50. The van der Waals surface area contributed by atoms with Crippen LogP contribution < -0.4 is 46.2 Å². The molecule has 0 amide bonds. The van der Waals surface area contributed by atoms with E-state index in [1.54, 1.807) is 0 Å². The number of aryl methyl sites for hydroxylation is 1. The molecule has 0 unspecified atom stereocenters. The van der Waals surface area contributed by atoms with Crippen molar-refractivity contribution < 1.29 is 13.9 Å². The smallest absolute Gasteiger partial charge is 0.232 e. The van der Waals surface area contributed by atoms with Gasteiger partial charge in [-0.25, -0.2) is 0 Å². The maximum Gasteiger partial charge on any atom is 0.232 e. The van der Waals surface area contributed by atoms with Crippen molar-refractivity contribution in [1.82, 2.24) is 0 Å². The lowest BCUT2D eigenvalue weighted by atomic mass is 10.2. The highest BCUT2D eigenvalue weighted by Crippen LogP contribution is 2.39. The second kappa shape index (κ2) is 11.9. The summed E-state index contributed by atoms with van der Waals surface area (Å²) < 4.78 is 21.4. The Hall–Kier alpha value is -5.37. The minimum Gasteiger partial charge on any atom is -0.466 e. The zero-order valence-corrected chi connectivity index (χ0v) is 27.4. The van der Waals surface area contributed by atoms with Crippen LogP contribution in [0.3, 0.4) is 0 Å². The molecule has 1 aliphatic rings. The van der Waals surface area contributed by atoms with E-state index in [1.165, 1.54) is 20.7 Å². The van der Waals surface area contributed by atoms with E-state index in [1.807, 2.05) is 24.3 Å². The molecule has 1 aliphatic heterocycles. The molecule has 0 bridgehead atoms. The molecule has 5 heteroatoms. The average molecular weight is 628 g/mol. The fraction of sp³-hybridized carbons (Fsp3) is 0.0244. The van der Waals surface area contributed by atoms with Crippen molar-refractivity contribution >= 4 is 53.6 Å². The first-order valence-electron chi connectivity index (χ1n) is 15.5. The van der Waals surface area contributed by atoms with Gasteiger partial charge in [-0.05, 0) is 45.4 Å². The number of ether oxygens (including phenoxy) is 2. The van der Waals surface area contributed by atoms with Crippen LogP contribution in [0.1, 0.15) is 5.56 Å². The fourth-order valence-electron chi connectivity index (χ4n) is 6.63. The molecule has 3 nitrogen and oxygen atoms in total. The molecule has 0 saturated heterocycles. The van der Waals surface area contributed by atoms with Gasteiger partial charge in [-0.3, -0.25) is 0 Å². The minimum absolute atomic E-state index is 0.657. The number of benzene rings is 6. The summed E-state index contributed by atoms with van der Waals surface area (Å²) in [5.41, 5.74) is 1.04. The Kier molecular flexibility index (Phi) is 7.25. The number of furan rings is 1. The highest BCUT2D eigenvalue weighted by molar-refractivity contribution is 7.20. The number of para-hydroxylation sites is 2. The van der Waals surface area contributed by atoms with E-state index in [4.69, 9.17) is 13.9 Å². The molecule has 2 heterocycles. The van der Waals surface area contributed by atoms with E-state index in [2.05, 4.69) is 153 Å². The standard InChI is InChI=1S/C41H31O3Si2/c1-30-18-14-15-27-35(30)42-38-39-41(44-40(38)45(31-19-6-2-7-20-31)32-21-8-3-9-22-32)46(33-23-10-4-11-24-33,34-25-12-5-13-26-34)37-29-17-16-28-36(37)43-39/h2-29H,1H3. The van der Waals surface area contributed by atoms with Crippen LogP contribution in [-0.4, -0.2) is 16.9 Å². The lowest BCUT2D eigenvalue weighted by molar-refractivity contribution is 0.425. The van der Waals surface area contributed by atoms with Gasteiger partial charge in [0.25, 0.3) is 0 Å². The molecule has 7 aromatic rings. The van der Waals surface area contributed by atoms with E-state index in [-0.39, 0.29) is 0 Å². The molecule has 0 aliphatic carbocycles. The Morgan fingerprint density at radius 1 is 0.543 bits per heavy atom. The largest absolute Gasteiger partial charge is 0.466 e. The van der Waals surface area contributed by atoms with E-state index < -0.39 is 16.9 Å². The number of rotatable bonds is 7. The van der Waals surface area contributed by atoms with Gasteiger partial charge in [0.2, 0.25) is 28.4 Å². The SMILES string of the molecule is Cc1ccccc1Oc1c([Si](c2ccccc2)c2ccccc2)oc2c1Oc1ccccc1[Si]2(c1ccccc1)c1ccccc1. The van der Waals surface area contributed by atoms with Crippen LogP contribution in [-0.2, 0) is 0 Å². The van der Waals surface area contributed by atoms with E-state index in [9.17, 15) is 0 Å². The van der Waals surface area contributed by atoms with Crippen LogP contribution in [0.5, 0.6) is 23.0 Å². The van der Waals surface area contributed by atoms with Crippen molar-refractivity contribution in [1.29, 1.82) is 0 Å². The lowest BCUT2D eigenvalue weighted by Gasteiger charge is -2.36. The summed E-state index contributed by atoms with van der Waals surface area (Å²) in [5, 5.41) is 7.73. The Morgan fingerprint density at radius 2 is 1.04 bits per heavy atom. The van der Waals surface area contributed by atoms with Gasteiger partial charge in [-0.2, -0.15) is 0 Å². The zero-order valence-electron chi connectivity index (χ0n) is 25.4. The van der Waals surface area contributed by atoms with Gasteiger partial charge < -0.3 is 13.9 Å². The van der Waals surface area contributed by atoms with Crippen molar-refractivity contribution in [3.63, 3.8) is 0 Å². The van der Waals surface area contributed by atoms with Crippen LogP contribution in [0.4, 0.5) is 0 Å². The van der Waals surface area contributed by atoms with Gasteiger partial charge in [0.05, 0.1) is 0 Å². The normalized spacial score (nSPS) is 13.0. The third kappa shape index (κ3) is 4.64. The number of hydrogen-bond donors (Lipinski definition) is 0. The highest BCUT2D eigenvalue weighted by Gasteiger charge is 2.53. The van der Waals surface area contributed by atoms with Gasteiger partial charge in [0.15, 0.2) is 0 Å². The summed E-state index contributed by atoms with van der Waals surface area (Å²) in [7, 11) is -4.70. The van der Waals surface area contributed by atoms with Crippen LogP contribution >= 0.6 is 0 Å². The average Bonchev–Trinajstić information content (AvgIpc) is 3.47. The third-order valence-corrected chi connectivity index (χ3v) is 16.0. The second-order valence-electron chi connectivity index (χ2n) is 11.5. The van der Waals surface area contributed by atoms with Crippen molar-refractivity contribution in [2.45, 2.75) is 6.92 Å². The first kappa shape index (κ1) is 28.1.